The molecule has 1 aromatic heterocycles. The van der Waals surface area contributed by atoms with Crippen molar-refractivity contribution >= 4 is 41.1 Å². The number of aromatic nitrogens is 2. The highest BCUT2D eigenvalue weighted by atomic mass is 35.5. The van der Waals surface area contributed by atoms with Gasteiger partial charge in [-0.15, -0.1) is 0 Å². The van der Waals surface area contributed by atoms with E-state index in [0.29, 0.717) is 32.1 Å². The van der Waals surface area contributed by atoms with Crippen LogP contribution in [0, 0.1) is 0 Å². The monoisotopic (exact) mass is 469 g/mol. The summed E-state index contributed by atoms with van der Waals surface area (Å²) < 4.78 is 45.7. The van der Waals surface area contributed by atoms with Gasteiger partial charge < -0.3 is 15.0 Å². The second-order valence-electron chi connectivity index (χ2n) is 6.55. The molecule has 0 aliphatic heterocycles. The van der Waals surface area contributed by atoms with Crippen LogP contribution in [0.15, 0.2) is 28.1 Å². The third-order valence-corrected chi connectivity index (χ3v) is 5.28. The van der Waals surface area contributed by atoms with Gasteiger partial charge in [-0.05, 0) is 30.5 Å². The number of hydrogen-bond donors (Lipinski definition) is 1. The fraction of sp³-hybridized carbons (Fsp3) is 0.444. The SMILES string of the molecule is CC(C)c1nc(CCCOC(N)=O)n(CC(F)(F)F)c1Sc1cc(Cl)cc(Cl)c1. The maximum Gasteiger partial charge on any atom is 0.406 e. The number of rotatable bonds is 8. The van der Waals surface area contributed by atoms with Crippen LogP contribution in [0.1, 0.15) is 37.7 Å². The maximum atomic E-state index is 13.3. The summed E-state index contributed by atoms with van der Waals surface area (Å²) in [5.74, 6) is 0.150. The lowest BCUT2D eigenvalue weighted by Crippen LogP contribution is -2.21. The summed E-state index contributed by atoms with van der Waals surface area (Å²) in [5, 5.41) is 1.15. The summed E-state index contributed by atoms with van der Waals surface area (Å²) in [4.78, 5) is 15.7. The minimum absolute atomic E-state index is 0.00238. The summed E-state index contributed by atoms with van der Waals surface area (Å²) in [7, 11) is 0. The molecule has 0 aliphatic rings. The van der Waals surface area contributed by atoms with Crippen molar-refractivity contribution in [1.29, 1.82) is 0 Å². The van der Waals surface area contributed by atoms with Gasteiger partial charge in [0.2, 0.25) is 0 Å². The van der Waals surface area contributed by atoms with Crippen molar-refractivity contribution in [3.05, 3.63) is 39.8 Å². The van der Waals surface area contributed by atoms with Gasteiger partial charge in [0.15, 0.2) is 0 Å². The number of primary amides is 1. The van der Waals surface area contributed by atoms with E-state index >= 15 is 0 Å². The number of carbonyl (C=O) groups is 1. The summed E-state index contributed by atoms with van der Waals surface area (Å²) in [6.45, 7) is 2.53. The molecule has 5 nitrogen and oxygen atoms in total. The Kier molecular flexibility index (Phi) is 8.13. The van der Waals surface area contributed by atoms with Gasteiger partial charge in [0, 0.05) is 21.4 Å². The van der Waals surface area contributed by atoms with Crippen molar-refractivity contribution in [3.63, 3.8) is 0 Å². The van der Waals surface area contributed by atoms with Crippen molar-refractivity contribution in [2.45, 2.75) is 55.2 Å². The van der Waals surface area contributed by atoms with E-state index in [4.69, 9.17) is 28.9 Å². The van der Waals surface area contributed by atoms with Crippen molar-refractivity contribution in [2.24, 2.45) is 5.73 Å². The zero-order valence-electron chi connectivity index (χ0n) is 15.7. The van der Waals surface area contributed by atoms with Gasteiger partial charge in [0.1, 0.15) is 17.4 Å². The molecule has 0 spiro atoms. The van der Waals surface area contributed by atoms with E-state index in [1.807, 2.05) is 13.8 Å². The number of aryl methyl sites for hydroxylation is 1. The normalized spacial score (nSPS) is 11.9. The van der Waals surface area contributed by atoms with Crippen LogP contribution in [0.2, 0.25) is 10.0 Å². The average Bonchev–Trinajstić information content (AvgIpc) is 2.87. The Morgan fingerprint density at radius 1 is 1.28 bits per heavy atom. The molecule has 0 saturated heterocycles. The Hall–Kier alpha value is -1.58. The molecule has 0 radical (unpaired) electrons. The molecule has 0 bridgehead atoms. The van der Waals surface area contributed by atoms with Gasteiger partial charge in [0.25, 0.3) is 0 Å². The molecule has 11 heteroatoms. The van der Waals surface area contributed by atoms with Crippen LogP contribution in [0.3, 0.4) is 0 Å². The number of ether oxygens (including phenoxy) is 1. The van der Waals surface area contributed by atoms with Crippen molar-refractivity contribution in [1.82, 2.24) is 9.55 Å². The predicted octanol–water partition coefficient (Wildman–Crippen LogP) is 6.05. The van der Waals surface area contributed by atoms with Gasteiger partial charge in [-0.25, -0.2) is 9.78 Å². The summed E-state index contributed by atoms with van der Waals surface area (Å²) in [6.07, 6.45) is -4.88. The third kappa shape index (κ3) is 7.31. The predicted molar refractivity (Wildman–Crippen MR) is 107 cm³/mol. The lowest BCUT2D eigenvalue weighted by Gasteiger charge is -2.15. The number of alkyl halides is 3. The zero-order chi connectivity index (χ0) is 21.8. The lowest BCUT2D eigenvalue weighted by molar-refractivity contribution is -0.142. The number of amides is 1. The van der Waals surface area contributed by atoms with Crippen LogP contribution in [0.5, 0.6) is 0 Å². The molecule has 1 heterocycles. The molecule has 0 unspecified atom stereocenters. The molecule has 0 saturated carbocycles. The van der Waals surface area contributed by atoms with Crippen LogP contribution in [-0.4, -0.2) is 28.4 Å². The van der Waals surface area contributed by atoms with Gasteiger partial charge in [0.05, 0.1) is 12.3 Å². The van der Waals surface area contributed by atoms with Crippen LogP contribution < -0.4 is 5.73 Å². The molecule has 2 aromatic rings. The van der Waals surface area contributed by atoms with E-state index in [0.717, 1.165) is 16.3 Å². The van der Waals surface area contributed by atoms with Crippen molar-refractivity contribution in [3.8, 4) is 0 Å². The fourth-order valence-electron chi connectivity index (χ4n) is 2.62. The lowest BCUT2D eigenvalue weighted by atomic mass is 10.1. The molecule has 2 rings (SSSR count). The summed E-state index contributed by atoms with van der Waals surface area (Å²) >= 11 is 13.2. The van der Waals surface area contributed by atoms with Crippen LogP contribution >= 0.6 is 35.0 Å². The molecule has 1 aromatic carbocycles. The number of benzene rings is 1. The van der Waals surface area contributed by atoms with E-state index in [9.17, 15) is 18.0 Å². The quantitative estimate of drug-likeness (QED) is 0.477. The topological polar surface area (TPSA) is 70.1 Å². The Bertz CT molecular complexity index is 853. The standard InChI is InChI=1S/C18H20Cl2F3N3O2S/c1-10(2)15-16(29-13-7-11(19)6-12(20)8-13)26(9-18(21,22)23)14(25-15)4-3-5-28-17(24)27/h6-8,10H,3-5,9H2,1-2H3,(H2,24,27). The average molecular weight is 470 g/mol. The van der Waals surface area contributed by atoms with E-state index in [-0.39, 0.29) is 24.8 Å². The first kappa shape index (κ1) is 23.7. The Morgan fingerprint density at radius 2 is 1.90 bits per heavy atom. The molecule has 0 atom stereocenters. The second-order valence-corrected chi connectivity index (χ2v) is 8.49. The molecular weight excluding hydrogens is 450 g/mol. The highest BCUT2D eigenvalue weighted by Gasteiger charge is 2.32. The Balaban J connectivity index is 2.43. The Labute approximate surface area is 180 Å². The minimum Gasteiger partial charge on any atom is -0.450 e. The molecule has 2 N–H and O–H groups in total. The third-order valence-electron chi connectivity index (χ3n) is 3.75. The number of halogens is 5. The number of hydrogen-bond acceptors (Lipinski definition) is 4. The highest BCUT2D eigenvalue weighted by molar-refractivity contribution is 7.99. The van der Waals surface area contributed by atoms with E-state index in [2.05, 4.69) is 9.72 Å². The summed E-state index contributed by atoms with van der Waals surface area (Å²) in [5.41, 5.74) is 5.45. The first-order valence-electron chi connectivity index (χ1n) is 8.68. The molecule has 1 amide bonds. The van der Waals surface area contributed by atoms with Crippen LogP contribution in [0.25, 0.3) is 0 Å². The second kappa shape index (κ2) is 9.95. The van der Waals surface area contributed by atoms with Gasteiger partial charge in [-0.1, -0.05) is 48.8 Å². The smallest absolute Gasteiger partial charge is 0.406 e. The van der Waals surface area contributed by atoms with E-state index in [1.165, 1.54) is 0 Å². The van der Waals surface area contributed by atoms with Gasteiger partial charge in [-0.2, -0.15) is 13.2 Å². The Morgan fingerprint density at radius 3 is 2.41 bits per heavy atom. The molecule has 29 heavy (non-hydrogen) atoms. The number of nitrogens with zero attached hydrogens (tertiary/aromatic N) is 2. The zero-order valence-corrected chi connectivity index (χ0v) is 18.1. The van der Waals surface area contributed by atoms with Crippen LogP contribution in [0.4, 0.5) is 18.0 Å². The maximum absolute atomic E-state index is 13.3. The van der Waals surface area contributed by atoms with Gasteiger partial charge in [-0.3, -0.25) is 0 Å². The van der Waals surface area contributed by atoms with E-state index in [1.54, 1.807) is 18.2 Å². The summed E-state index contributed by atoms with van der Waals surface area (Å²) in [6, 6.07) is 4.81. The number of carbonyl (C=O) groups excluding carboxylic acids is 1. The first-order valence-corrected chi connectivity index (χ1v) is 10.3. The fourth-order valence-corrected chi connectivity index (χ4v) is 4.54. The van der Waals surface area contributed by atoms with Crippen molar-refractivity contribution in [2.75, 3.05) is 6.61 Å². The molecule has 0 aliphatic carbocycles. The minimum atomic E-state index is -4.44. The van der Waals surface area contributed by atoms with Gasteiger partial charge >= 0.3 is 12.3 Å². The number of nitrogens with two attached hydrogens (primary N) is 1. The van der Waals surface area contributed by atoms with Crippen LogP contribution in [-0.2, 0) is 17.7 Å². The first-order chi connectivity index (χ1) is 13.5. The molecule has 160 valence electrons. The molecular formula is C18H20Cl2F3N3O2S. The largest absolute Gasteiger partial charge is 0.450 e. The van der Waals surface area contributed by atoms with E-state index < -0.39 is 18.8 Å². The van der Waals surface area contributed by atoms with Crippen molar-refractivity contribution < 1.29 is 22.7 Å². The molecule has 0 fully saturated rings. The number of imidazole rings is 1. The highest BCUT2D eigenvalue weighted by Crippen LogP contribution is 2.38.